The second-order valence-corrected chi connectivity index (χ2v) is 7.48. The summed E-state index contributed by atoms with van der Waals surface area (Å²) in [7, 11) is 0. The molecule has 2 fully saturated rings. The minimum Gasteiger partial charge on any atom is -0.494 e. The van der Waals surface area contributed by atoms with Crippen LogP contribution < -0.4 is 4.74 Å². The fourth-order valence-corrected chi connectivity index (χ4v) is 4.00. The van der Waals surface area contributed by atoms with Crippen LogP contribution in [-0.2, 0) is 19.1 Å². The molecule has 0 atom stereocenters. The average Bonchev–Trinajstić information content (AvgIpc) is 3.01. The van der Waals surface area contributed by atoms with Crippen molar-refractivity contribution in [2.24, 2.45) is 0 Å². The second-order valence-electron chi connectivity index (χ2n) is 7.48. The summed E-state index contributed by atoms with van der Waals surface area (Å²) in [6, 6.07) is 16.4. The Hall–Kier alpha value is -2.86. The molecule has 4 rings (SSSR count). The summed E-state index contributed by atoms with van der Waals surface area (Å²) >= 11 is 0. The van der Waals surface area contributed by atoms with E-state index in [-0.39, 0.29) is 0 Å². The van der Waals surface area contributed by atoms with E-state index in [0.717, 1.165) is 37.1 Å². The first kappa shape index (κ1) is 19.5. The number of carbonyl (C=O) groups is 2. The van der Waals surface area contributed by atoms with E-state index in [1.54, 1.807) is 0 Å². The number of ether oxygens (including phenoxy) is 3. The molecule has 6 nitrogen and oxygen atoms in total. The number of hydrogen-bond acceptors (Lipinski definition) is 6. The van der Waals surface area contributed by atoms with Crippen LogP contribution in [0.15, 0.2) is 48.5 Å². The molecule has 0 aromatic heterocycles. The van der Waals surface area contributed by atoms with Gasteiger partial charge in [-0.2, -0.15) is 0 Å². The largest absolute Gasteiger partial charge is 0.494 e. The maximum absolute atomic E-state index is 11.5. The van der Waals surface area contributed by atoms with Crippen LogP contribution in [0, 0.1) is 6.92 Å². The molecule has 0 aliphatic carbocycles. The third-order valence-corrected chi connectivity index (χ3v) is 5.45. The molecule has 6 heteroatoms. The van der Waals surface area contributed by atoms with Crippen molar-refractivity contribution in [3.05, 3.63) is 54.1 Å². The van der Waals surface area contributed by atoms with Crippen molar-refractivity contribution in [2.45, 2.75) is 38.5 Å². The van der Waals surface area contributed by atoms with Gasteiger partial charge in [0.1, 0.15) is 5.75 Å². The van der Waals surface area contributed by atoms with Gasteiger partial charge >= 0.3 is 17.8 Å². The van der Waals surface area contributed by atoms with Crippen molar-refractivity contribution < 1.29 is 23.8 Å². The zero-order valence-corrected chi connectivity index (χ0v) is 16.6. The molecular weight excluding hydrogens is 370 g/mol. The first-order valence-electron chi connectivity index (χ1n) is 10.1. The van der Waals surface area contributed by atoms with Crippen molar-refractivity contribution >= 4 is 11.9 Å². The summed E-state index contributed by atoms with van der Waals surface area (Å²) in [4.78, 5) is 25.0. The van der Waals surface area contributed by atoms with Crippen LogP contribution in [0.2, 0.25) is 0 Å². The maximum atomic E-state index is 11.5. The number of esters is 2. The van der Waals surface area contributed by atoms with E-state index in [4.69, 9.17) is 14.2 Å². The van der Waals surface area contributed by atoms with Gasteiger partial charge in [-0.3, -0.25) is 0 Å². The summed E-state index contributed by atoms with van der Waals surface area (Å²) in [6.07, 6.45) is 3.10. The Morgan fingerprint density at radius 1 is 1.03 bits per heavy atom. The van der Waals surface area contributed by atoms with Crippen LogP contribution in [-0.4, -0.2) is 42.4 Å². The monoisotopic (exact) mass is 395 g/mol. The highest BCUT2D eigenvalue weighted by molar-refractivity contribution is 6.31. The number of likely N-dealkylation sites (tertiary alicyclic amines) is 1. The highest BCUT2D eigenvalue weighted by Gasteiger charge is 2.53. The fraction of sp³-hybridized carbons (Fsp3) is 0.391. The predicted octanol–water partition coefficient (Wildman–Crippen LogP) is 3.67. The highest BCUT2D eigenvalue weighted by Crippen LogP contribution is 2.35. The van der Waals surface area contributed by atoms with Crippen molar-refractivity contribution in [1.29, 1.82) is 0 Å². The molecular formula is C23H25NO5. The second kappa shape index (κ2) is 8.25. The minimum absolute atomic E-state index is 0.519. The Morgan fingerprint density at radius 3 is 2.52 bits per heavy atom. The minimum atomic E-state index is -1.21. The van der Waals surface area contributed by atoms with Crippen LogP contribution in [0.5, 0.6) is 5.75 Å². The van der Waals surface area contributed by atoms with Gasteiger partial charge in [0, 0.05) is 19.5 Å². The first-order valence-corrected chi connectivity index (χ1v) is 10.1. The van der Waals surface area contributed by atoms with Gasteiger partial charge in [0.25, 0.3) is 0 Å². The van der Waals surface area contributed by atoms with E-state index in [1.807, 2.05) is 35.2 Å². The Labute approximate surface area is 170 Å². The summed E-state index contributed by atoms with van der Waals surface area (Å²) in [5.74, 6) is -2.18. The number of rotatable bonds is 6. The van der Waals surface area contributed by atoms with E-state index >= 15 is 0 Å². The SMILES string of the molecule is Cc1cc(OCCCN2CCCCC23OC(=O)C(=O)O3)ccc1-c1ccccc1. The number of piperidine rings is 1. The smallest absolute Gasteiger partial charge is 0.421 e. The molecule has 29 heavy (non-hydrogen) atoms. The molecule has 0 N–H and O–H groups in total. The Balaban J connectivity index is 1.32. The predicted molar refractivity (Wildman–Crippen MR) is 107 cm³/mol. The third-order valence-electron chi connectivity index (χ3n) is 5.45. The number of aryl methyl sites for hydroxylation is 1. The molecule has 0 bridgehead atoms. The Morgan fingerprint density at radius 2 is 1.79 bits per heavy atom. The Kier molecular flexibility index (Phi) is 5.53. The lowest BCUT2D eigenvalue weighted by Gasteiger charge is -2.40. The molecule has 0 saturated carbocycles. The van der Waals surface area contributed by atoms with E-state index < -0.39 is 17.8 Å². The van der Waals surface area contributed by atoms with Crippen LogP contribution in [0.1, 0.15) is 31.2 Å². The van der Waals surface area contributed by atoms with Gasteiger partial charge in [-0.1, -0.05) is 36.4 Å². The fourth-order valence-electron chi connectivity index (χ4n) is 4.00. The number of nitrogens with zero attached hydrogens (tertiary/aromatic N) is 1. The lowest BCUT2D eigenvalue weighted by molar-refractivity contribution is -0.263. The molecule has 2 saturated heterocycles. The standard InChI is InChI=1S/C23H25NO5/c1-17-16-19(10-11-20(17)18-8-3-2-4-9-18)27-15-7-14-24-13-6-5-12-23(24)28-21(25)22(26)29-23/h2-4,8-11,16H,5-7,12-15H2,1H3. The van der Waals surface area contributed by atoms with Crippen molar-refractivity contribution in [2.75, 3.05) is 19.7 Å². The van der Waals surface area contributed by atoms with Gasteiger partial charge in [0.2, 0.25) is 0 Å². The highest BCUT2D eigenvalue weighted by atomic mass is 16.8. The summed E-state index contributed by atoms with van der Waals surface area (Å²) in [5.41, 5.74) is 3.54. The van der Waals surface area contributed by atoms with Crippen LogP contribution in [0.25, 0.3) is 11.1 Å². The van der Waals surface area contributed by atoms with Crippen molar-refractivity contribution in [1.82, 2.24) is 4.90 Å². The molecule has 2 aromatic carbocycles. The topological polar surface area (TPSA) is 65.1 Å². The van der Waals surface area contributed by atoms with Crippen LogP contribution in [0.4, 0.5) is 0 Å². The first-order chi connectivity index (χ1) is 14.1. The lowest BCUT2D eigenvalue weighted by Crippen LogP contribution is -2.53. The van der Waals surface area contributed by atoms with E-state index in [1.165, 1.54) is 11.1 Å². The van der Waals surface area contributed by atoms with Crippen LogP contribution >= 0.6 is 0 Å². The van der Waals surface area contributed by atoms with Gasteiger partial charge in [0.05, 0.1) is 6.61 Å². The zero-order valence-electron chi connectivity index (χ0n) is 16.6. The number of benzene rings is 2. The number of hydrogen-bond donors (Lipinski definition) is 0. The summed E-state index contributed by atoms with van der Waals surface area (Å²) in [6.45, 7) is 3.96. The van der Waals surface area contributed by atoms with Gasteiger partial charge in [-0.15, -0.1) is 0 Å². The van der Waals surface area contributed by atoms with Gasteiger partial charge in [0.15, 0.2) is 0 Å². The summed E-state index contributed by atoms with van der Waals surface area (Å²) in [5, 5.41) is 0. The van der Waals surface area contributed by atoms with E-state index in [0.29, 0.717) is 19.6 Å². The quantitative estimate of drug-likeness (QED) is 0.422. The van der Waals surface area contributed by atoms with Crippen molar-refractivity contribution in [3.63, 3.8) is 0 Å². The molecule has 0 unspecified atom stereocenters. The van der Waals surface area contributed by atoms with Gasteiger partial charge < -0.3 is 14.2 Å². The van der Waals surface area contributed by atoms with Crippen LogP contribution in [0.3, 0.4) is 0 Å². The van der Waals surface area contributed by atoms with E-state index in [9.17, 15) is 9.59 Å². The third kappa shape index (κ3) is 4.12. The zero-order chi connectivity index (χ0) is 20.3. The molecule has 0 amide bonds. The molecule has 2 heterocycles. The molecule has 0 radical (unpaired) electrons. The average molecular weight is 395 g/mol. The maximum Gasteiger partial charge on any atom is 0.421 e. The molecule has 1 spiro atoms. The van der Waals surface area contributed by atoms with Gasteiger partial charge in [-0.05, 0) is 55.0 Å². The van der Waals surface area contributed by atoms with E-state index in [2.05, 4.69) is 25.1 Å². The Bertz CT molecular complexity index is 879. The molecule has 2 aliphatic rings. The molecule has 2 aliphatic heterocycles. The number of carbonyl (C=O) groups excluding carboxylic acids is 2. The van der Waals surface area contributed by atoms with Gasteiger partial charge in [-0.25, -0.2) is 14.5 Å². The lowest BCUT2D eigenvalue weighted by atomic mass is 10.0. The summed E-state index contributed by atoms with van der Waals surface area (Å²) < 4.78 is 16.5. The normalized spacial score (nSPS) is 18.5. The van der Waals surface area contributed by atoms with Crippen molar-refractivity contribution in [3.8, 4) is 16.9 Å². The molecule has 2 aromatic rings. The molecule has 152 valence electrons.